The van der Waals surface area contributed by atoms with E-state index in [9.17, 15) is 4.79 Å². The minimum absolute atomic E-state index is 0.105. The van der Waals surface area contributed by atoms with Crippen molar-refractivity contribution in [2.75, 3.05) is 5.32 Å². The number of urea groups is 1. The lowest BCUT2D eigenvalue weighted by Gasteiger charge is -2.31. The highest BCUT2D eigenvalue weighted by molar-refractivity contribution is 5.90. The van der Waals surface area contributed by atoms with Crippen molar-refractivity contribution >= 4 is 11.7 Å². The Hall–Kier alpha value is -3.79. The Morgan fingerprint density at radius 3 is 2.38 bits per heavy atom. The van der Waals surface area contributed by atoms with Crippen LogP contribution in [-0.2, 0) is 13.0 Å². The van der Waals surface area contributed by atoms with Crippen molar-refractivity contribution in [3.63, 3.8) is 0 Å². The van der Waals surface area contributed by atoms with E-state index in [0.717, 1.165) is 34.6 Å². The molecule has 0 saturated carbocycles. The van der Waals surface area contributed by atoms with E-state index in [1.54, 1.807) is 0 Å². The van der Waals surface area contributed by atoms with E-state index < -0.39 is 0 Å². The van der Waals surface area contributed by atoms with Crippen molar-refractivity contribution in [1.29, 1.82) is 0 Å². The molecular weight excluding hydrogens is 418 g/mol. The fourth-order valence-electron chi connectivity index (χ4n) is 4.77. The van der Waals surface area contributed by atoms with Crippen LogP contribution in [-0.4, -0.2) is 15.5 Å². The molecule has 5 rings (SSSR count). The molecule has 1 aliphatic heterocycles. The first-order valence-electron chi connectivity index (χ1n) is 12.1. The summed E-state index contributed by atoms with van der Waals surface area (Å²) in [6, 6.07) is 29.0. The summed E-state index contributed by atoms with van der Waals surface area (Å²) in [5.41, 5.74) is 7.79. The van der Waals surface area contributed by atoms with Gasteiger partial charge in [-0.1, -0.05) is 75.4 Å². The first kappa shape index (κ1) is 22.0. The van der Waals surface area contributed by atoms with Crippen LogP contribution in [0, 0.1) is 0 Å². The Morgan fingerprint density at radius 2 is 1.68 bits per heavy atom. The van der Waals surface area contributed by atoms with Gasteiger partial charge < -0.3 is 14.8 Å². The van der Waals surface area contributed by atoms with Gasteiger partial charge in [0.05, 0.1) is 18.3 Å². The van der Waals surface area contributed by atoms with Crippen LogP contribution in [0.4, 0.5) is 10.5 Å². The van der Waals surface area contributed by atoms with Gasteiger partial charge in [0.1, 0.15) is 0 Å². The number of rotatable bonds is 4. The predicted octanol–water partition coefficient (Wildman–Crippen LogP) is 7.30. The number of para-hydroxylation sites is 1. The van der Waals surface area contributed by atoms with Crippen molar-refractivity contribution in [1.82, 2.24) is 9.47 Å². The number of carbonyl (C=O) groups excluding carboxylic acids is 1. The molecule has 4 aromatic rings. The summed E-state index contributed by atoms with van der Waals surface area (Å²) in [4.78, 5) is 15.7. The molecule has 2 heterocycles. The molecular formula is C30H31N3O. The molecule has 3 aromatic carbocycles. The smallest absolute Gasteiger partial charge is 0.318 e. The van der Waals surface area contributed by atoms with Gasteiger partial charge in [0.2, 0.25) is 0 Å². The van der Waals surface area contributed by atoms with Crippen molar-refractivity contribution < 1.29 is 4.79 Å². The average Bonchev–Trinajstić information content (AvgIpc) is 3.29. The molecule has 1 N–H and O–H groups in total. The second-order valence-corrected chi connectivity index (χ2v) is 9.26. The van der Waals surface area contributed by atoms with E-state index in [2.05, 4.69) is 104 Å². The zero-order chi connectivity index (χ0) is 23.7. The van der Waals surface area contributed by atoms with Crippen LogP contribution >= 0.6 is 0 Å². The van der Waals surface area contributed by atoms with Gasteiger partial charge in [-0.2, -0.15) is 0 Å². The van der Waals surface area contributed by atoms with Crippen LogP contribution in [0.1, 0.15) is 60.7 Å². The number of aromatic nitrogens is 1. The third-order valence-electron chi connectivity index (χ3n) is 6.76. The number of aryl methyl sites for hydroxylation is 1. The highest BCUT2D eigenvalue weighted by Gasteiger charge is 2.33. The molecule has 2 amide bonds. The second-order valence-electron chi connectivity index (χ2n) is 9.26. The van der Waals surface area contributed by atoms with E-state index >= 15 is 0 Å². The Balaban J connectivity index is 1.58. The lowest BCUT2D eigenvalue weighted by molar-refractivity contribution is 0.194. The Bertz CT molecular complexity index is 1290. The van der Waals surface area contributed by atoms with E-state index in [4.69, 9.17) is 0 Å². The maximum Gasteiger partial charge on any atom is 0.322 e. The van der Waals surface area contributed by atoms with Gasteiger partial charge in [-0.15, -0.1) is 0 Å². The summed E-state index contributed by atoms with van der Waals surface area (Å²) in [6.07, 6.45) is 3.07. The van der Waals surface area contributed by atoms with E-state index in [1.807, 2.05) is 23.1 Å². The summed E-state index contributed by atoms with van der Waals surface area (Å²) in [7, 11) is 0. The van der Waals surface area contributed by atoms with Gasteiger partial charge in [-0.25, -0.2) is 4.79 Å². The molecule has 4 heteroatoms. The SMILES string of the molecule is CCc1ccc(NC(=O)N2Cc3ccccc3-n3cccc3[C@@H]2c2ccc(C(C)C)cc2)cc1. The maximum atomic E-state index is 13.8. The molecule has 172 valence electrons. The summed E-state index contributed by atoms with van der Waals surface area (Å²) in [5.74, 6) is 0.460. The van der Waals surface area contributed by atoms with Gasteiger partial charge >= 0.3 is 6.03 Å². The first-order chi connectivity index (χ1) is 16.5. The zero-order valence-electron chi connectivity index (χ0n) is 20.0. The maximum absolute atomic E-state index is 13.8. The number of anilines is 1. The predicted molar refractivity (Wildman–Crippen MR) is 139 cm³/mol. The summed E-state index contributed by atoms with van der Waals surface area (Å²) >= 11 is 0. The number of carbonyl (C=O) groups is 1. The molecule has 1 aliphatic rings. The number of nitrogens with one attached hydrogen (secondary N) is 1. The van der Waals surface area contributed by atoms with Gasteiger partial charge in [0.25, 0.3) is 0 Å². The Labute approximate surface area is 201 Å². The van der Waals surface area contributed by atoms with Gasteiger partial charge in [0, 0.05) is 17.6 Å². The molecule has 1 aromatic heterocycles. The van der Waals surface area contributed by atoms with Crippen molar-refractivity contribution in [2.24, 2.45) is 0 Å². The largest absolute Gasteiger partial charge is 0.322 e. The Morgan fingerprint density at radius 1 is 0.941 bits per heavy atom. The zero-order valence-corrected chi connectivity index (χ0v) is 20.0. The monoisotopic (exact) mass is 449 g/mol. The molecule has 0 aliphatic carbocycles. The number of benzene rings is 3. The number of fused-ring (bicyclic) bond motifs is 3. The van der Waals surface area contributed by atoms with Crippen molar-refractivity contribution in [2.45, 2.75) is 45.7 Å². The van der Waals surface area contributed by atoms with Crippen molar-refractivity contribution in [3.05, 3.63) is 119 Å². The molecule has 0 fully saturated rings. The normalized spacial score (nSPS) is 14.9. The van der Waals surface area contributed by atoms with Gasteiger partial charge in [0.15, 0.2) is 0 Å². The molecule has 34 heavy (non-hydrogen) atoms. The fraction of sp³-hybridized carbons (Fsp3) is 0.233. The van der Waals surface area contributed by atoms with Crippen LogP contribution in [0.15, 0.2) is 91.1 Å². The summed E-state index contributed by atoms with van der Waals surface area (Å²) < 4.78 is 2.22. The lowest BCUT2D eigenvalue weighted by atomic mass is 9.97. The van der Waals surface area contributed by atoms with Crippen LogP contribution in [0.5, 0.6) is 0 Å². The minimum atomic E-state index is -0.210. The van der Waals surface area contributed by atoms with E-state index in [1.165, 1.54) is 11.1 Å². The number of hydrogen-bond acceptors (Lipinski definition) is 1. The topological polar surface area (TPSA) is 37.3 Å². The van der Waals surface area contributed by atoms with Crippen LogP contribution in [0.3, 0.4) is 0 Å². The summed E-state index contributed by atoms with van der Waals surface area (Å²) in [5, 5.41) is 3.15. The van der Waals surface area contributed by atoms with E-state index in [0.29, 0.717) is 12.5 Å². The molecule has 0 bridgehead atoms. The third-order valence-corrected chi connectivity index (χ3v) is 6.76. The highest BCUT2D eigenvalue weighted by atomic mass is 16.2. The first-order valence-corrected chi connectivity index (χ1v) is 12.1. The molecule has 0 radical (unpaired) electrons. The third kappa shape index (κ3) is 4.12. The number of amides is 2. The minimum Gasteiger partial charge on any atom is -0.318 e. The number of nitrogens with zero attached hydrogens (tertiary/aromatic N) is 2. The van der Waals surface area contributed by atoms with E-state index in [-0.39, 0.29) is 12.1 Å². The number of hydrogen-bond donors (Lipinski definition) is 1. The second kappa shape index (κ2) is 9.22. The van der Waals surface area contributed by atoms with Crippen molar-refractivity contribution in [3.8, 4) is 5.69 Å². The molecule has 0 unspecified atom stereocenters. The summed E-state index contributed by atoms with van der Waals surface area (Å²) in [6.45, 7) is 7.05. The average molecular weight is 450 g/mol. The lowest BCUT2D eigenvalue weighted by Crippen LogP contribution is -2.37. The van der Waals surface area contributed by atoms with Crippen LogP contribution < -0.4 is 5.32 Å². The quantitative estimate of drug-likeness (QED) is 0.349. The van der Waals surface area contributed by atoms with Crippen LogP contribution in [0.25, 0.3) is 5.69 Å². The van der Waals surface area contributed by atoms with Gasteiger partial charge in [-0.05, 0) is 64.9 Å². The molecule has 0 saturated heterocycles. The van der Waals surface area contributed by atoms with Crippen LogP contribution in [0.2, 0.25) is 0 Å². The van der Waals surface area contributed by atoms with Gasteiger partial charge in [-0.3, -0.25) is 0 Å². The standard InChI is InChI=1S/C30H31N3O/c1-4-22-11-17-26(18-12-22)31-30(34)33-20-25-8-5-6-9-27(25)32-19-7-10-28(32)29(33)24-15-13-23(14-16-24)21(2)3/h5-19,21,29H,4,20H2,1-3H3,(H,31,34)/t29-/m0/s1. The Kier molecular flexibility index (Phi) is 5.97. The molecule has 1 atom stereocenters. The molecule has 0 spiro atoms. The highest BCUT2D eigenvalue weighted by Crippen LogP contribution is 2.37. The fourth-order valence-corrected chi connectivity index (χ4v) is 4.77. The molecule has 4 nitrogen and oxygen atoms in total.